The van der Waals surface area contributed by atoms with Crippen molar-refractivity contribution in [3.8, 4) is 0 Å². The van der Waals surface area contributed by atoms with Crippen molar-refractivity contribution in [2.75, 3.05) is 0 Å². The average Bonchev–Trinajstić information content (AvgIpc) is 2.33. The predicted octanol–water partition coefficient (Wildman–Crippen LogP) is 1.30. The van der Waals surface area contributed by atoms with Gasteiger partial charge in [-0.3, -0.25) is 0 Å². The first kappa shape index (κ1) is 28.4. The molecular weight excluding hydrogens is 447 g/mol. The monoisotopic (exact) mass is 476 g/mol. The van der Waals surface area contributed by atoms with Crippen LogP contribution < -0.4 is 10.3 Å². The van der Waals surface area contributed by atoms with E-state index in [1.165, 1.54) is 92.8 Å². The van der Waals surface area contributed by atoms with Crippen LogP contribution in [0.2, 0.25) is 4.18 Å². The second kappa shape index (κ2) is 18.9. The number of nitrogens with two attached hydrogens (primary N) is 2. The summed E-state index contributed by atoms with van der Waals surface area (Å²) in [6, 6.07) is 0. The van der Waals surface area contributed by atoms with Gasteiger partial charge in [-0.05, 0) is 0 Å². The Balaban J connectivity index is -0.000000329. The third-order valence-electron chi connectivity index (χ3n) is 2.56. The number of rotatable bonds is 10. The Kier molecular flexibility index (Phi) is 23.4. The summed E-state index contributed by atoms with van der Waals surface area (Å²) in [7, 11) is -8.83. The normalized spacial score (nSPS) is 11.1. The van der Waals surface area contributed by atoms with Crippen LogP contribution in [-0.2, 0) is 20.6 Å². The van der Waals surface area contributed by atoms with E-state index in [0.717, 1.165) is 0 Å². The first-order valence-corrected chi connectivity index (χ1v) is 12.9. The van der Waals surface area contributed by atoms with Crippen LogP contribution in [0, 0.1) is 0 Å². The summed E-state index contributed by atoms with van der Waals surface area (Å²) in [6.07, 6.45) is 14.7. The fraction of sp³-hybridized carbons (Fsp3) is 1.00. The molecule has 0 aromatic rings. The summed E-state index contributed by atoms with van der Waals surface area (Å²) in [5.41, 5.74) is 0. The molecule has 0 aliphatic heterocycles. The minimum Gasteiger partial charge on any atom is -0.736 e. The minimum atomic E-state index is -4.42. The number of hydrogen-bond donors (Lipinski definition) is 2. The maximum absolute atomic E-state index is 8.85. The second-order valence-corrected chi connectivity index (χ2v) is 8.58. The van der Waals surface area contributed by atoms with Gasteiger partial charge >= 0.3 is 99.7 Å². The van der Waals surface area contributed by atoms with Crippen molar-refractivity contribution in [3.05, 3.63) is 0 Å². The second-order valence-electron chi connectivity index (χ2n) is 4.96. The molecule has 0 aromatic heterocycles. The summed E-state index contributed by atoms with van der Waals surface area (Å²) >= 11 is 1.47. The van der Waals surface area contributed by atoms with Crippen LogP contribution >= 0.6 is 0 Å². The van der Waals surface area contributed by atoms with Crippen molar-refractivity contribution in [2.24, 2.45) is 10.3 Å². The third kappa shape index (κ3) is 85.3. The average molecular weight is 476 g/mol. The molecule has 0 saturated heterocycles. The first-order valence-electron chi connectivity index (χ1n) is 7.59. The molecule has 8 nitrogen and oxygen atoms in total. The van der Waals surface area contributed by atoms with Crippen molar-refractivity contribution < 1.29 is 25.9 Å². The van der Waals surface area contributed by atoms with Gasteiger partial charge in [0.15, 0.2) is 20.6 Å². The quantitative estimate of drug-likeness (QED) is 0.356. The summed E-state index contributed by atoms with van der Waals surface area (Å²) in [4.78, 5) is 0. The van der Waals surface area contributed by atoms with Gasteiger partial charge in [-0.1, -0.05) is 0 Å². The molecule has 0 saturated carbocycles. The number of hydrogen-bond acceptors (Lipinski definition) is 6. The van der Waals surface area contributed by atoms with Crippen LogP contribution in [0.3, 0.4) is 0 Å². The van der Waals surface area contributed by atoms with Gasteiger partial charge < -0.3 is 9.11 Å². The van der Waals surface area contributed by atoms with E-state index in [4.69, 9.17) is 25.9 Å². The first-order chi connectivity index (χ1) is 10.4. The minimum absolute atomic E-state index is 1.38. The fourth-order valence-electron chi connectivity index (χ4n) is 1.63. The number of unbranched alkanes of at least 4 members (excludes halogenated alkanes) is 9. The molecule has 0 aliphatic carbocycles. The Morgan fingerprint density at radius 3 is 1.13 bits per heavy atom. The van der Waals surface area contributed by atoms with E-state index >= 15 is 0 Å². The summed E-state index contributed by atoms with van der Waals surface area (Å²) < 4.78 is 54.6. The zero-order valence-corrected chi connectivity index (χ0v) is 18.7. The van der Waals surface area contributed by atoms with E-state index in [9.17, 15) is 0 Å². The topological polar surface area (TPSA) is 166 Å². The molecule has 0 heterocycles. The van der Waals surface area contributed by atoms with Crippen molar-refractivity contribution >= 4 is 45.0 Å². The summed E-state index contributed by atoms with van der Waals surface area (Å²) in [6.45, 7) is 2.29. The largest absolute Gasteiger partial charge is 0.736 e. The van der Waals surface area contributed by atoms with Gasteiger partial charge in [0.05, 0.1) is 0 Å². The van der Waals surface area contributed by atoms with E-state index < -0.39 is 20.6 Å². The molecule has 4 N–H and O–H groups in total. The van der Waals surface area contributed by atoms with Crippen molar-refractivity contribution in [1.29, 1.82) is 0 Å². The summed E-state index contributed by atoms with van der Waals surface area (Å²) in [5.74, 6) is 0. The van der Waals surface area contributed by atoms with Gasteiger partial charge in [0.25, 0.3) is 0 Å². The van der Waals surface area contributed by atoms with Crippen LogP contribution in [-0.4, -0.2) is 50.3 Å². The van der Waals surface area contributed by atoms with Crippen LogP contribution in [0.15, 0.2) is 0 Å². The maximum atomic E-state index is 8.85. The fourth-order valence-corrected chi connectivity index (χ4v) is 2.46. The van der Waals surface area contributed by atoms with Gasteiger partial charge in [-0.2, -0.15) is 0 Å². The molecule has 0 atom stereocenters. The third-order valence-corrected chi connectivity index (χ3v) is 3.72. The van der Waals surface area contributed by atoms with Crippen LogP contribution in [0.5, 0.6) is 0 Å². The van der Waals surface area contributed by atoms with E-state index in [2.05, 4.69) is 17.2 Å². The molecule has 0 aromatic carbocycles. The smallest absolute Gasteiger partial charge is 0.156 e. The van der Waals surface area contributed by atoms with E-state index in [-0.39, 0.29) is 0 Å². The SMILES string of the molecule is CCCCCCCCCCC[CH2][In+2].NS(=O)(=O)[O-].NS(=O)(=O)[O-]. The predicted molar refractivity (Wildman–Crippen MR) is 90.2 cm³/mol. The van der Waals surface area contributed by atoms with Gasteiger partial charge in [0.1, 0.15) is 0 Å². The Labute approximate surface area is 156 Å². The molecule has 0 unspecified atom stereocenters. The molecule has 138 valence electrons. The molecule has 0 spiro atoms. The molecule has 0 bridgehead atoms. The van der Waals surface area contributed by atoms with Crippen molar-refractivity contribution in [2.45, 2.75) is 75.3 Å². The molecule has 11 heteroatoms. The Morgan fingerprint density at radius 2 is 0.913 bits per heavy atom. The Hall–Kier alpha value is 0.610. The van der Waals surface area contributed by atoms with Crippen molar-refractivity contribution in [1.82, 2.24) is 0 Å². The Bertz CT molecular complexity index is 373. The van der Waals surface area contributed by atoms with E-state index in [1.807, 2.05) is 0 Å². The van der Waals surface area contributed by atoms with Gasteiger partial charge in [0.2, 0.25) is 0 Å². The molecule has 23 heavy (non-hydrogen) atoms. The van der Waals surface area contributed by atoms with E-state index in [1.54, 1.807) is 0 Å². The maximum Gasteiger partial charge on any atom is 0.156 e. The zero-order chi connectivity index (χ0) is 18.8. The molecule has 0 aliphatic rings. The van der Waals surface area contributed by atoms with Gasteiger partial charge in [-0.25, -0.2) is 27.1 Å². The molecule has 0 radical (unpaired) electrons. The van der Waals surface area contributed by atoms with Crippen LogP contribution in [0.4, 0.5) is 0 Å². The van der Waals surface area contributed by atoms with Crippen LogP contribution in [0.1, 0.15) is 71.1 Å². The standard InChI is InChI=1S/C12H25.In.2H3NO3S/c1-3-5-7-9-11-12-10-8-6-4-2;;2*1-5(2,3)4/h1,3-12H2,2H3;;2*(H3,1,2,3,4)/q;+2;;/p-2. The van der Waals surface area contributed by atoms with Gasteiger partial charge in [-0.15, -0.1) is 0 Å². The van der Waals surface area contributed by atoms with E-state index in [0.29, 0.717) is 0 Å². The van der Waals surface area contributed by atoms with Crippen molar-refractivity contribution in [3.63, 3.8) is 0 Å². The molecule has 0 rings (SSSR count). The summed E-state index contributed by atoms with van der Waals surface area (Å²) in [5, 5.41) is 7.54. The molecule has 0 amide bonds. The molecule has 0 fully saturated rings. The van der Waals surface area contributed by atoms with Crippen LogP contribution in [0.25, 0.3) is 0 Å². The zero-order valence-electron chi connectivity index (χ0n) is 13.8. The molecular formula is C12H29InN2O6S2. The Morgan fingerprint density at radius 1 is 0.696 bits per heavy atom. The van der Waals surface area contributed by atoms with Gasteiger partial charge in [0, 0.05) is 0 Å².